The lowest BCUT2D eigenvalue weighted by atomic mass is 9.57. The Bertz CT molecular complexity index is 7900. The van der Waals surface area contributed by atoms with Gasteiger partial charge in [0.2, 0.25) is 0 Å². The molecule has 0 radical (unpaired) electrons. The van der Waals surface area contributed by atoms with Crippen LogP contribution in [0.4, 0.5) is 5.69 Å². The summed E-state index contributed by atoms with van der Waals surface area (Å²) in [7, 11) is 9.15. The lowest BCUT2D eigenvalue weighted by Crippen LogP contribution is -2.31. The van der Waals surface area contributed by atoms with Crippen LogP contribution in [0.25, 0.3) is 110 Å². The van der Waals surface area contributed by atoms with E-state index < -0.39 is 0 Å². The average Bonchev–Trinajstić information content (AvgIpc) is 0.683. The van der Waals surface area contributed by atoms with Crippen LogP contribution in [-0.2, 0) is 43.3 Å². The molecule has 149 heavy (non-hydrogen) atoms. The number of methoxy groups -OCH3 is 3. The Hall–Kier alpha value is -13.5. The monoisotopic (exact) mass is 1970 g/mol. The molecule has 0 bridgehead atoms. The molecule has 0 spiro atoms. The van der Waals surface area contributed by atoms with Crippen molar-refractivity contribution in [3.8, 4) is 17.2 Å². The fourth-order valence-corrected chi connectivity index (χ4v) is 22.9. The summed E-state index contributed by atoms with van der Waals surface area (Å²) in [6, 6.07) is 107. The minimum absolute atomic E-state index is 0.0949. The first-order valence-corrected chi connectivity index (χ1v) is 54.2. The molecule has 0 saturated carbocycles. The van der Waals surface area contributed by atoms with Gasteiger partial charge in [-0.15, -0.1) is 0 Å². The van der Waals surface area contributed by atoms with Gasteiger partial charge in [0.1, 0.15) is 17.2 Å². The molecule has 766 valence electrons. The van der Waals surface area contributed by atoms with Gasteiger partial charge in [-0.3, -0.25) is 0 Å². The summed E-state index contributed by atoms with van der Waals surface area (Å²) in [5, 5.41) is 22.3. The standard InChI is InChI=1S/C28H24.C24H20.C20H20.2C14H16.C12H19N.C12H18O2.C11H16O.C10H14/c1-28(2,3)21-14-19-11-10-17-7-5-15-4-6-16-8-9-18-12-13-20(21)27-25(18)23(16)22(15)24(17)26(19)27;1-24(2,3)21-14-13-19-17-10-5-8-15-7-4-9-16(22(15)17)18-11-6-12-20(21)23(18)19;1-20(2,3)17-12-10-15-8-7-13-5-4-6-14-9-11-16(17)19(15)18(13)14;1-14(2,3)13-10-6-8-11-7-4-5-9-12(11)13;1-14(2,3)13-9-8-11-6-4-5-7-12(11)10-13;1-12(2,3)10-6-8-11(9-7-10)13(4)5;1-12(2,3)10-7-6-9(13-4)8-11(10)14-5;1-11(2,3)9-5-7-10(12-4)8-6-9;1-10(2,3)9-7-5-4-6-8-9/h4-7,9-14,16,23,25H,8H2,1-3H3;4-14H,1-3H3;4-12,15,19H,1-3H3;2*4-10H,1-3H3;6-9H,1-5H3;6-8H,1-5H3;5-8H,1-4H3;4-8H,1-3H3. The van der Waals surface area contributed by atoms with Crippen LogP contribution < -0.4 is 19.1 Å². The van der Waals surface area contributed by atoms with Crippen molar-refractivity contribution < 1.29 is 14.2 Å². The lowest BCUT2D eigenvalue weighted by molar-refractivity contribution is 0.383. The van der Waals surface area contributed by atoms with Gasteiger partial charge in [-0.05, 0) is 284 Å². The average molecular weight is 1970 g/mol. The van der Waals surface area contributed by atoms with Gasteiger partial charge in [0.05, 0.1) is 21.3 Å². The van der Waals surface area contributed by atoms with Crippen molar-refractivity contribution in [2.45, 2.75) is 254 Å². The van der Waals surface area contributed by atoms with Crippen LogP contribution in [0.1, 0.15) is 295 Å². The zero-order chi connectivity index (χ0) is 107. The number of benzene rings is 17. The summed E-state index contributed by atoms with van der Waals surface area (Å²) in [4.78, 5) is 2.12. The van der Waals surface area contributed by atoms with E-state index in [9.17, 15) is 0 Å². The molecule has 24 rings (SSSR count). The maximum absolute atomic E-state index is 5.33. The van der Waals surface area contributed by atoms with Crippen LogP contribution in [0.3, 0.4) is 0 Å². The Kier molecular flexibility index (Phi) is 31.1. The topological polar surface area (TPSA) is 30.9 Å². The van der Waals surface area contributed by atoms with Crippen LogP contribution in [0.15, 0.2) is 357 Å². The van der Waals surface area contributed by atoms with Gasteiger partial charge < -0.3 is 19.1 Å². The van der Waals surface area contributed by atoms with Gasteiger partial charge in [-0.1, -0.05) is 509 Å². The Morgan fingerprint density at radius 2 is 0.711 bits per heavy atom. The van der Waals surface area contributed by atoms with Gasteiger partial charge in [-0.25, -0.2) is 0 Å². The first-order valence-electron chi connectivity index (χ1n) is 54.2. The smallest absolute Gasteiger partial charge is 0.126 e. The SMILES string of the molecule is CC(C)(C)C1=C2C=Cc3cccc4c3C2C(C=C1)C=C4.CC(C)(C)c1cc2ccc3ccc4c5c3c2c2c1C=CC1=CCC(C=C4)C5C12.CC(C)(C)c1ccc2c3cccc4cccc(c5cccc1c52)c43.CC(C)(C)c1ccc2ccccc2c1.CC(C)(C)c1cccc2ccccc12.CC(C)(C)c1ccccc1.CN(C)c1ccc(C(C)(C)C)cc1.COc1ccc(C(C)(C)C)c(OC)c1.COc1ccc(C(C)(C)C)cc1. The molecule has 0 saturated heterocycles. The highest BCUT2D eigenvalue weighted by Gasteiger charge is 2.46. The molecular weight excluding hydrogens is 1800 g/mol. The molecule has 0 aromatic heterocycles. The van der Waals surface area contributed by atoms with E-state index in [1.54, 1.807) is 43.4 Å². The lowest BCUT2D eigenvalue weighted by Gasteiger charge is -2.46. The number of hydrogen-bond acceptors (Lipinski definition) is 4. The second-order valence-corrected chi connectivity index (χ2v) is 51.2. The summed E-state index contributed by atoms with van der Waals surface area (Å²) in [5.41, 5.74) is 29.2. The molecule has 5 unspecified atom stereocenters. The minimum Gasteiger partial charge on any atom is -0.497 e. The number of hydrogen-bond donors (Lipinski definition) is 0. The Labute approximate surface area is 893 Å². The Morgan fingerprint density at radius 3 is 1.30 bits per heavy atom. The highest BCUT2D eigenvalue weighted by Crippen LogP contribution is 2.62. The van der Waals surface area contributed by atoms with Crippen molar-refractivity contribution in [3.63, 3.8) is 0 Å². The molecule has 4 heteroatoms. The number of anilines is 1. The third kappa shape index (κ3) is 23.4. The summed E-state index contributed by atoms with van der Waals surface area (Å²) >= 11 is 0. The molecule has 0 fully saturated rings. The van der Waals surface area contributed by atoms with E-state index in [2.05, 4.69) is 546 Å². The molecule has 0 amide bonds. The first kappa shape index (κ1) is 108. The summed E-state index contributed by atoms with van der Waals surface area (Å²) < 4.78 is 15.6. The molecule has 17 aromatic rings. The van der Waals surface area contributed by atoms with Gasteiger partial charge >= 0.3 is 0 Å². The number of nitrogens with zero attached hydrogens (tertiary/aromatic N) is 1. The van der Waals surface area contributed by atoms with Crippen LogP contribution in [0.5, 0.6) is 17.2 Å². The number of allylic oxidation sites excluding steroid dienone is 10. The largest absolute Gasteiger partial charge is 0.497 e. The van der Waals surface area contributed by atoms with Crippen LogP contribution in [0.2, 0.25) is 0 Å². The van der Waals surface area contributed by atoms with E-state index in [0.29, 0.717) is 35.0 Å². The molecule has 7 aliphatic carbocycles. The minimum atomic E-state index is 0.0949. The predicted octanol–water partition coefficient (Wildman–Crippen LogP) is 40.2. The van der Waals surface area contributed by atoms with E-state index in [4.69, 9.17) is 14.2 Å². The van der Waals surface area contributed by atoms with Gasteiger partial charge in [0.15, 0.2) is 0 Å². The first-order chi connectivity index (χ1) is 70.3. The maximum Gasteiger partial charge on any atom is 0.126 e. The number of ether oxygens (including phenoxy) is 3. The Balaban J connectivity index is 0.000000122. The third-order valence-electron chi connectivity index (χ3n) is 31.0. The van der Waals surface area contributed by atoms with Gasteiger partial charge in [0, 0.05) is 49.5 Å². The molecule has 4 nitrogen and oxygen atoms in total. The summed E-state index contributed by atoms with van der Waals surface area (Å²) in [6.45, 7) is 60.9. The van der Waals surface area contributed by atoms with E-state index >= 15 is 0 Å². The van der Waals surface area contributed by atoms with Crippen LogP contribution in [-0.4, -0.2) is 35.4 Å². The Morgan fingerprint density at radius 1 is 0.262 bits per heavy atom. The normalized spacial score (nSPS) is 16.4. The van der Waals surface area contributed by atoms with Crippen molar-refractivity contribution in [3.05, 3.63) is 440 Å². The van der Waals surface area contributed by atoms with E-state index in [-0.39, 0.29) is 43.3 Å². The van der Waals surface area contributed by atoms with Crippen molar-refractivity contribution in [2.24, 2.45) is 17.3 Å². The van der Waals surface area contributed by atoms with E-state index in [1.807, 2.05) is 24.3 Å². The van der Waals surface area contributed by atoms with E-state index in [0.717, 1.165) is 17.2 Å². The predicted molar refractivity (Wildman–Crippen MR) is 652 cm³/mol. The summed E-state index contributed by atoms with van der Waals surface area (Å²) in [6.07, 6.45) is 27.5. The number of fused-ring (bicyclic) bond motifs is 4. The van der Waals surface area contributed by atoms with Crippen molar-refractivity contribution in [1.29, 1.82) is 0 Å². The molecule has 0 aliphatic heterocycles. The number of rotatable bonds is 4. The highest BCUT2D eigenvalue weighted by atomic mass is 16.5. The summed E-state index contributed by atoms with van der Waals surface area (Å²) in [5.74, 6) is 5.43. The van der Waals surface area contributed by atoms with Crippen molar-refractivity contribution >= 4 is 116 Å². The van der Waals surface area contributed by atoms with Crippen LogP contribution >= 0.6 is 0 Å². The van der Waals surface area contributed by atoms with Crippen LogP contribution in [0, 0.1) is 17.3 Å². The van der Waals surface area contributed by atoms with Gasteiger partial charge in [-0.2, -0.15) is 0 Å². The maximum atomic E-state index is 5.33. The second kappa shape index (κ2) is 42.8. The van der Waals surface area contributed by atoms with Gasteiger partial charge in [0.25, 0.3) is 0 Å². The second-order valence-electron chi connectivity index (χ2n) is 51.2. The fraction of sp³-hybridized carbons (Fsp3) is 0.324. The molecule has 17 aromatic carbocycles. The molecule has 0 N–H and O–H groups in total. The zero-order valence-corrected chi connectivity index (χ0v) is 95.4. The molecule has 0 heterocycles. The zero-order valence-electron chi connectivity index (χ0n) is 95.4. The molecule has 5 atom stereocenters. The van der Waals surface area contributed by atoms with E-state index in [1.165, 1.54) is 176 Å². The van der Waals surface area contributed by atoms with Crippen molar-refractivity contribution in [2.75, 3.05) is 40.3 Å². The fourth-order valence-electron chi connectivity index (χ4n) is 22.9. The molecule has 7 aliphatic rings. The molecular formula is C145H163NO3. The van der Waals surface area contributed by atoms with Crippen molar-refractivity contribution in [1.82, 2.24) is 0 Å². The third-order valence-corrected chi connectivity index (χ3v) is 31.0. The highest BCUT2D eigenvalue weighted by molar-refractivity contribution is 6.33. The quantitative estimate of drug-likeness (QED) is 0.130.